The van der Waals surface area contributed by atoms with Crippen LogP contribution >= 0.6 is 11.3 Å². The first kappa shape index (κ1) is 18.1. The molecule has 1 heterocycles. The van der Waals surface area contributed by atoms with Crippen LogP contribution in [-0.4, -0.2) is 5.91 Å². The topological polar surface area (TPSA) is 46.2 Å². The highest BCUT2D eigenvalue weighted by molar-refractivity contribution is 7.22. The highest BCUT2D eigenvalue weighted by Crippen LogP contribution is 2.33. The Morgan fingerprint density at radius 3 is 2.32 bits per heavy atom. The van der Waals surface area contributed by atoms with Gasteiger partial charge in [0.05, 0.1) is 12.0 Å². The van der Waals surface area contributed by atoms with Crippen molar-refractivity contribution in [3.63, 3.8) is 0 Å². The largest absolute Gasteiger partial charge is 0.317 e. The van der Waals surface area contributed by atoms with Crippen LogP contribution in [0.1, 0.15) is 5.56 Å². The van der Waals surface area contributed by atoms with Gasteiger partial charge in [0, 0.05) is 10.1 Å². The van der Waals surface area contributed by atoms with Gasteiger partial charge in [-0.15, -0.1) is 11.3 Å². The van der Waals surface area contributed by atoms with E-state index < -0.39 is 0 Å². The van der Waals surface area contributed by atoms with Crippen molar-refractivity contribution >= 4 is 32.3 Å². The molecule has 0 aliphatic rings. The van der Waals surface area contributed by atoms with Gasteiger partial charge in [-0.05, 0) is 35.4 Å². The molecular weight excluding hydrogens is 373 g/mol. The van der Waals surface area contributed by atoms with Crippen LogP contribution in [0, 0.1) is 5.82 Å². The van der Waals surface area contributed by atoms with Crippen molar-refractivity contribution in [3.8, 4) is 11.1 Å². The van der Waals surface area contributed by atoms with E-state index in [9.17, 15) is 14.0 Å². The van der Waals surface area contributed by atoms with Gasteiger partial charge >= 0.3 is 0 Å². The summed E-state index contributed by atoms with van der Waals surface area (Å²) in [7, 11) is 0. The zero-order chi connectivity index (χ0) is 19.5. The number of hydrogen-bond acceptors (Lipinski definition) is 3. The van der Waals surface area contributed by atoms with Gasteiger partial charge in [0.15, 0.2) is 5.43 Å². The molecule has 0 saturated carbocycles. The van der Waals surface area contributed by atoms with Crippen molar-refractivity contribution in [3.05, 3.63) is 100 Å². The van der Waals surface area contributed by atoms with E-state index in [2.05, 4.69) is 5.32 Å². The Morgan fingerprint density at radius 2 is 1.57 bits per heavy atom. The lowest BCUT2D eigenvalue weighted by Gasteiger charge is -2.12. The van der Waals surface area contributed by atoms with Gasteiger partial charge < -0.3 is 5.32 Å². The quantitative estimate of drug-likeness (QED) is 0.518. The molecule has 0 atom stereocenters. The minimum Gasteiger partial charge on any atom is -0.317 e. The highest BCUT2D eigenvalue weighted by Gasteiger charge is 2.17. The van der Waals surface area contributed by atoms with E-state index >= 15 is 0 Å². The minimum atomic E-state index is -0.379. The van der Waals surface area contributed by atoms with Gasteiger partial charge in [0.1, 0.15) is 10.8 Å². The van der Waals surface area contributed by atoms with E-state index in [0.29, 0.717) is 21.5 Å². The molecule has 5 heteroatoms. The van der Waals surface area contributed by atoms with Crippen LogP contribution in [0.2, 0.25) is 0 Å². The molecule has 1 amide bonds. The molecule has 0 aliphatic carbocycles. The van der Waals surface area contributed by atoms with Gasteiger partial charge in [0.2, 0.25) is 5.91 Å². The number of halogens is 1. The van der Waals surface area contributed by atoms with Crippen LogP contribution in [0.25, 0.3) is 21.2 Å². The molecule has 28 heavy (non-hydrogen) atoms. The normalized spacial score (nSPS) is 10.8. The van der Waals surface area contributed by atoms with E-state index in [0.717, 1.165) is 10.3 Å². The first-order valence-electron chi connectivity index (χ1n) is 8.77. The second kappa shape index (κ2) is 7.74. The predicted octanol–water partition coefficient (Wildman–Crippen LogP) is 5.25. The Bertz CT molecular complexity index is 1200. The summed E-state index contributed by atoms with van der Waals surface area (Å²) in [6.07, 6.45) is 0.206. The van der Waals surface area contributed by atoms with Crippen molar-refractivity contribution < 1.29 is 9.18 Å². The summed E-state index contributed by atoms with van der Waals surface area (Å²) in [6, 6.07) is 22.4. The Morgan fingerprint density at radius 1 is 0.893 bits per heavy atom. The average Bonchev–Trinajstić information content (AvgIpc) is 2.70. The molecule has 4 aromatic rings. The van der Waals surface area contributed by atoms with E-state index in [4.69, 9.17) is 0 Å². The number of carbonyl (C=O) groups is 1. The van der Waals surface area contributed by atoms with Crippen molar-refractivity contribution in [1.29, 1.82) is 0 Å². The van der Waals surface area contributed by atoms with E-state index in [1.54, 1.807) is 24.3 Å². The molecule has 0 fully saturated rings. The summed E-state index contributed by atoms with van der Waals surface area (Å²) >= 11 is 1.34. The third-order valence-corrected chi connectivity index (χ3v) is 5.48. The second-order valence-electron chi connectivity index (χ2n) is 6.35. The Balaban J connectivity index is 1.79. The summed E-state index contributed by atoms with van der Waals surface area (Å²) in [5.41, 5.74) is 1.65. The summed E-state index contributed by atoms with van der Waals surface area (Å²) < 4.78 is 14.1. The van der Waals surface area contributed by atoms with Crippen LogP contribution in [0.4, 0.5) is 9.39 Å². The molecule has 0 spiro atoms. The molecule has 0 unspecified atom stereocenters. The maximum Gasteiger partial charge on any atom is 0.229 e. The number of hydrogen-bond donors (Lipinski definition) is 1. The number of benzene rings is 3. The molecule has 1 N–H and O–H groups in total. The van der Waals surface area contributed by atoms with Gasteiger partial charge in [-0.3, -0.25) is 9.59 Å². The molecule has 0 bridgehead atoms. The SMILES string of the molecule is O=C(Cc1ccccc1)Nc1sc2ccccc2c(=O)c1-c1ccc(F)cc1. The number of nitrogens with one attached hydrogen (secondary N) is 1. The lowest BCUT2D eigenvalue weighted by Crippen LogP contribution is -2.17. The molecule has 0 saturated heterocycles. The van der Waals surface area contributed by atoms with Gasteiger partial charge in [-0.2, -0.15) is 0 Å². The molecule has 3 nitrogen and oxygen atoms in total. The lowest BCUT2D eigenvalue weighted by atomic mass is 10.1. The van der Waals surface area contributed by atoms with Crippen LogP contribution in [-0.2, 0) is 11.2 Å². The van der Waals surface area contributed by atoms with Crippen molar-refractivity contribution in [1.82, 2.24) is 0 Å². The monoisotopic (exact) mass is 389 g/mol. The fraction of sp³-hybridized carbons (Fsp3) is 0.0435. The van der Waals surface area contributed by atoms with Gasteiger partial charge in [-0.25, -0.2) is 4.39 Å². The van der Waals surface area contributed by atoms with Crippen LogP contribution < -0.4 is 10.7 Å². The molecule has 4 rings (SSSR count). The first-order chi connectivity index (χ1) is 13.6. The first-order valence-corrected chi connectivity index (χ1v) is 9.59. The smallest absolute Gasteiger partial charge is 0.229 e. The highest BCUT2D eigenvalue weighted by atomic mass is 32.1. The Labute approximate surface area is 165 Å². The number of fused-ring (bicyclic) bond motifs is 1. The average molecular weight is 389 g/mol. The lowest BCUT2D eigenvalue weighted by molar-refractivity contribution is -0.115. The van der Waals surface area contributed by atoms with Crippen LogP contribution in [0.5, 0.6) is 0 Å². The number of anilines is 1. The minimum absolute atomic E-state index is 0.184. The Hall–Kier alpha value is -3.31. The number of amides is 1. The van der Waals surface area contributed by atoms with Gasteiger partial charge in [0.25, 0.3) is 0 Å². The zero-order valence-electron chi connectivity index (χ0n) is 14.8. The number of carbonyl (C=O) groups excluding carboxylic acids is 1. The molecule has 0 radical (unpaired) electrons. The Kier molecular flexibility index (Phi) is 5.00. The molecular formula is C23H16FNO2S. The molecule has 138 valence electrons. The summed E-state index contributed by atoms with van der Waals surface area (Å²) in [6.45, 7) is 0. The molecule has 1 aromatic heterocycles. The molecule has 0 aliphatic heterocycles. The third kappa shape index (κ3) is 3.70. The maximum atomic E-state index is 13.4. The fourth-order valence-electron chi connectivity index (χ4n) is 3.06. The van der Waals surface area contributed by atoms with Crippen molar-refractivity contribution in [2.75, 3.05) is 5.32 Å². The van der Waals surface area contributed by atoms with Gasteiger partial charge in [-0.1, -0.05) is 54.6 Å². The number of rotatable bonds is 4. The predicted molar refractivity (Wildman–Crippen MR) is 112 cm³/mol. The van der Waals surface area contributed by atoms with E-state index in [1.807, 2.05) is 42.5 Å². The molecule has 3 aromatic carbocycles. The van der Waals surface area contributed by atoms with Crippen LogP contribution in [0.15, 0.2) is 83.7 Å². The maximum absolute atomic E-state index is 13.4. The summed E-state index contributed by atoms with van der Waals surface area (Å²) in [5, 5.41) is 3.94. The second-order valence-corrected chi connectivity index (χ2v) is 7.40. The standard InChI is InChI=1S/C23H16FNO2S/c24-17-12-10-16(11-13-17)21-22(27)18-8-4-5-9-19(18)28-23(21)25-20(26)14-15-6-2-1-3-7-15/h1-13H,14H2,(H,25,26). The zero-order valence-corrected chi connectivity index (χ0v) is 15.6. The van der Waals surface area contributed by atoms with E-state index in [-0.39, 0.29) is 23.6 Å². The summed E-state index contributed by atoms with van der Waals surface area (Å²) in [5.74, 6) is -0.587. The summed E-state index contributed by atoms with van der Waals surface area (Å²) in [4.78, 5) is 25.7. The van der Waals surface area contributed by atoms with Crippen molar-refractivity contribution in [2.24, 2.45) is 0 Å². The fourth-order valence-corrected chi connectivity index (χ4v) is 4.18. The third-order valence-electron chi connectivity index (χ3n) is 4.39. The van der Waals surface area contributed by atoms with E-state index in [1.165, 1.54) is 23.5 Å². The van der Waals surface area contributed by atoms with Crippen molar-refractivity contribution in [2.45, 2.75) is 6.42 Å². The van der Waals surface area contributed by atoms with Crippen LogP contribution in [0.3, 0.4) is 0 Å².